The summed E-state index contributed by atoms with van der Waals surface area (Å²) in [6, 6.07) is 167. The molecule has 0 amide bonds. The van der Waals surface area contributed by atoms with Crippen LogP contribution in [0, 0.1) is 71.0 Å². The highest BCUT2D eigenvalue weighted by Crippen LogP contribution is 2.74. The third kappa shape index (κ3) is 12.8. The third-order valence-corrected chi connectivity index (χ3v) is 38.8. The van der Waals surface area contributed by atoms with Gasteiger partial charge in [0.2, 0.25) is 0 Å². The predicted octanol–water partition coefficient (Wildman–Crippen LogP) is 38.0. The molecule has 0 heterocycles. The lowest BCUT2D eigenvalue weighted by atomic mass is 9.43. The summed E-state index contributed by atoms with van der Waals surface area (Å²) < 4.78 is 0. The van der Waals surface area contributed by atoms with E-state index in [9.17, 15) is 0 Å². The zero-order chi connectivity index (χ0) is 94.9. The lowest BCUT2D eigenvalue weighted by molar-refractivity contribution is -0.0399. The van der Waals surface area contributed by atoms with Crippen molar-refractivity contribution in [1.29, 1.82) is 0 Å². The highest BCUT2D eigenvalue weighted by Gasteiger charge is 2.65. The second kappa shape index (κ2) is 32.9. The Balaban J connectivity index is 0.0000000990. The minimum absolute atomic E-state index is 0.137. The zero-order valence-electron chi connectivity index (χ0n) is 82.0. The van der Waals surface area contributed by atoms with Crippen LogP contribution in [0.3, 0.4) is 0 Å². The Morgan fingerprint density at radius 1 is 0.145 bits per heavy atom. The van der Waals surface area contributed by atoms with Crippen molar-refractivity contribution in [3.05, 3.63) is 476 Å². The summed E-state index contributed by atoms with van der Waals surface area (Å²) in [5.41, 5.74) is 35.0. The number of benzene rings is 21. The maximum absolute atomic E-state index is 2.63. The maximum Gasteiger partial charge on any atom is 0.0540 e. The molecule has 21 aromatic carbocycles. The van der Waals surface area contributed by atoms with Crippen LogP contribution in [-0.2, 0) is 16.2 Å². The van der Waals surface area contributed by atoms with E-state index < -0.39 is 0 Å². The molecule has 12 fully saturated rings. The molecule has 145 heavy (non-hydrogen) atoms. The van der Waals surface area contributed by atoms with Gasteiger partial charge in [-0.15, -0.1) is 0 Å². The fourth-order valence-electron chi connectivity index (χ4n) is 33.9. The third-order valence-electron chi connectivity index (χ3n) is 38.8. The normalized spacial score (nSPS) is 24.6. The second-order valence-electron chi connectivity index (χ2n) is 45.7. The van der Waals surface area contributed by atoms with Crippen molar-refractivity contribution >= 4 is 127 Å². The smallest absolute Gasteiger partial charge is 0.0540 e. The summed E-state index contributed by atoms with van der Waals surface area (Å²) in [6.07, 6.45) is 21.2. The fourth-order valence-corrected chi connectivity index (χ4v) is 33.9. The maximum atomic E-state index is 2.63. The van der Waals surface area contributed by atoms with Gasteiger partial charge < -0.3 is 14.7 Å². The molecule has 0 radical (unpaired) electrons. The number of nitrogens with zero attached hydrogens (tertiary/aromatic N) is 3. The molecular formula is C142H115N3. The van der Waals surface area contributed by atoms with E-state index in [0.717, 1.165) is 71.0 Å². The Morgan fingerprint density at radius 3 is 0.821 bits per heavy atom. The highest BCUT2D eigenvalue weighted by atomic mass is 15.2. The molecule has 21 aromatic rings. The Hall–Kier alpha value is -15.2. The van der Waals surface area contributed by atoms with Crippen molar-refractivity contribution in [2.75, 3.05) is 14.7 Å². The number of rotatable bonds is 11. The number of fused-ring (bicyclic) bond motifs is 17. The van der Waals surface area contributed by atoms with Gasteiger partial charge in [0.1, 0.15) is 0 Å². The number of anilines is 9. The first kappa shape index (κ1) is 84.4. The molecular weight excluding hydrogens is 1750 g/mol. The van der Waals surface area contributed by atoms with Gasteiger partial charge in [-0.05, 0) is 413 Å². The van der Waals surface area contributed by atoms with E-state index in [-0.39, 0.29) is 16.2 Å². The summed E-state index contributed by atoms with van der Waals surface area (Å²) >= 11 is 0. The van der Waals surface area contributed by atoms with Crippen LogP contribution in [0.25, 0.3) is 131 Å². The largest absolute Gasteiger partial charge is 0.310 e. The SMILES string of the molecule is c1ccc2c(c1)-c1ccc(N(c3ccc(-c4ccc5ccccc5c4)cc3)c3cccc4ccccc34)cc1C21C2CC3CC(C2)CC1C3.c1ccc2c(c1)-c1ccc(N(c3ccc(-c4cccc5ccccc45)cc3)c3cccc4ccccc34)cc1C21C2CC3CC(C2)CC1C3.c1ccc2c(c1)-c1ccc(N(c3ccc4c(ccc5ccccc54)c3)c3cccc4ccccc34)cc1C21C2CC3CC(C2)CC1C3. The van der Waals surface area contributed by atoms with Crippen LogP contribution in [0.1, 0.15) is 130 Å². The average Bonchev–Trinajstić information content (AvgIpc) is 1.54. The zero-order valence-corrected chi connectivity index (χ0v) is 82.0. The summed E-state index contributed by atoms with van der Waals surface area (Å²) in [7, 11) is 0. The minimum Gasteiger partial charge on any atom is -0.310 e. The van der Waals surface area contributed by atoms with E-state index in [1.165, 1.54) is 279 Å². The molecule has 0 saturated heterocycles. The molecule has 15 aliphatic rings. The van der Waals surface area contributed by atoms with Crippen molar-refractivity contribution in [2.24, 2.45) is 71.0 Å². The first-order chi connectivity index (χ1) is 71.7. The minimum atomic E-state index is 0.137. The van der Waals surface area contributed by atoms with Crippen LogP contribution in [0.5, 0.6) is 0 Å². The molecule has 3 spiro atoms. The molecule has 0 atom stereocenters. The van der Waals surface area contributed by atoms with Crippen LogP contribution >= 0.6 is 0 Å². The molecule has 698 valence electrons. The van der Waals surface area contributed by atoms with Gasteiger partial charge in [-0.2, -0.15) is 0 Å². The van der Waals surface area contributed by atoms with Gasteiger partial charge in [0.15, 0.2) is 0 Å². The van der Waals surface area contributed by atoms with Gasteiger partial charge in [-0.3, -0.25) is 0 Å². The fraction of sp³-hybridized carbons (Fsp3) is 0.211. The summed E-state index contributed by atoms with van der Waals surface area (Å²) in [4.78, 5) is 7.60. The van der Waals surface area contributed by atoms with E-state index >= 15 is 0 Å². The molecule has 15 aliphatic carbocycles. The van der Waals surface area contributed by atoms with Crippen LogP contribution in [0.15, 0.2) is 443 Å². The van der Waals surface area contributed by atoms with Gasteiger partial charge >= 0.3 is 0 Å². The highest BCUT2D eigenvalue weighted by molar-refractivity contribution is 6.10. The Bertz CT molecular complexity index is 8740. The molecule has 12 bridgehead atoms. The van der Waals surface area contributed by atoms with Crippen molar-refractivity contribution < 1.29 is 0 Å². The van der Waals surface area contributed by atoms with Crippen LogP contribution < -0.4 is 14.7 Å². The molecule has 3 heteroatoms. The van der Waals surface area contributed by atoms with Gasteiger partial charge in [0, 0.05) is 66.5 Å². The summed E-state index contributed by atoms with van der Waals surface area (Å²) in [6.45, 7) is 0. The monoisotopic (exact) mass is 1860 g/mol. The molecule has 12 saturated carbocycles. The van der Waals surface area contributed by atoms with Crippen LogP contribution in [0.4, 0.5) is 51.2 Å². The first-order valence-electron chi connectivity index (χ1n) is 54.4. The summed E-state index contributed by atoms with van der Waals surface area (Å²) in [5.74, 6) is 10.1. The van der Waals surface area contributed by atoms with Crippen LogP contribution in [0.2, 0.25) is 0 Å². The quantitative estimate of drug-likeness (QED) is 0.120. The van der Waals surface area contributed by atoms with Gasteiger partial charge in [-0.1, -0.05) is 346 Å². The molecule has 0 unspecified atom stereocenters. The predicted molar refractivity (Wildman–Crippen MR) is 607 cm³/mol. The van der Waals surface area contributed by atoms with Crippen molar-refractivity contribution in [3.8, 4) is 55.6 Å². The molecule has 36 rings (SSSR count). The number of hydrogen-bond donors (Lipinski definition) is 0. The van der Waals surface area contributed by atoms with Gasteiger partial charge in [0.25, 0.3) is 0 Å². The standard InChI is InChI=1S/2C48H39N.C46H37N/c1-3-13-40-33(9-1)11-7-16-41(40)35-19-21-38(22-20-35)49(47-18-8-12-34-10-2-4-14-42(34)47)39-23-24-44-43-15-5-6-17-45(43)48(46(44)30-39)36-26-31-25-32(28-36)29-37(48)27-31;1-2-10-36-29-37(17-16-33(36)8-1)34-18-20-40(21-19-34)49(47-15-7-11-35-9-3-4-12-42(35)47)41-22-23-44-43-13-5-6-14-45(43)48(46(44)30-41)38-25-31-24-32(27-38)28-39(48)26-31;1-3-11-38-32(9-1)16-17-33-27-36(18-20-39(33)38)47(45-15-7-10-31-8-2-4-12-40(31)45)37-19-21-42-41-13-5-6-14-43(41)46(44(42)28-37)34-23-29-22-30(25-34)26-35(46)24-29/h1-24,30-32,36-37H,25-29H2;1-23,29-32,38-39H,24-28H2;1-21,27-30,34-35H,22-26H2. The van der Waals surface area contributed by atoms with Crippen LogP contribution in [-0.4, -0.2) is 0 Å². The number of hydrogen-bond acceptors (Lipinski definition) is 3. The van der Waals surface area contributed by atoms with Crippen molar-refractivity contribution in [1.82, 2.24) is 0 Å². The molecule has 3 nitrogen and oxygen atoms in total. The molecule has 0 N–H and O–H groups in total. The average molecular weight is 1860 g/mol. The Morgan fingerprint density at radius 2 is 0.407 bits per heavy atom. The molecule has 0 aliphatic heterocycles. The van der Waals surface area contributed by atoms with Crippen molar-refractivity contribution in [2.45, 2.75) is 113 Å². The molecule has 0 aromatic heterocycles. The first-order valence-corrected chi connectivity index (χ1v) is 54.4. The topological polar surface area (TPSA) is 9.72 Å². The van der Waals surface area contributed by atoms with E-state index in [2.05, 4.69) is 458 Å². The summed E-state index contributed by atoms with van der Waals surface area (Å²) in [5, 5.41) is 17.9. The lowest BCUT2D eigenvalue weighted by Crippen LogP contribution is -2.55. The van der Waals surface area contributed by atoms with Crippen molar-refractivity contribution in [3.63, 3.8) is 0 Å². The van der Waals surface area contributed by atoms with Gasteiger partial charge in [-0.25, -0.2) is 0 Å². The van der Waals surface area contributed by atoms with E-state index in [1.807, 2.05) is 0 Å². The Labute approximate surface area is 850 Å². The van der Waals surface area contributed by atoms with Gasteiger partial charge in [0.05, 0.1) is 17.1 Å². The van der Waals surface area contributed by atoms with E-state index in [4.69, 9.17) is 0 Å². The second-order valence-corrected chi connectivity index (χ2v) is 45.7. The van der Waals surface area contributed by atoms with E-state index in [1.54, 1.807) is 33.4 Å². The Kier molecular flexibility index (Phi) is 19.2. The lowest BCUT2D eigenvalue weighted by Gasteiger charge is -2.61. The van der Waals surface area contributed by atoms with E-state index in [0.29, 0.717) is 0 Å².